The summed E-state index contributed by atoms with van der Waals surface area (Å²) in [6.07, 6.45) is 0. The third-order valence-electron chi connectivity index (χ3n) is 2.31. The van der Waals surface area contributed by atoms with Gasteiger partial charge in [0, 0.05) is 17.5 Å². The van der Waals surface area contributed by atoms with Gasteiger partial charge in [-0.3, -0.25) is 0 Å². The summed E-state index contributed by atoms with van der Waals surface area (Å²) in [6, 6.07) is 5.59. The van der Waals surface area contributed by atoms with Gasteiger partial charge in [0.05, 0.1) is 15.7 Å². The lowest BCUT2D eigenvalue weighted by Crippen LogP contribution is -2.11. The van der Waals surface area contributed by atoms with Crippen molar-refractivity contribution in [3.63, 3.8) is 0 Å². The number of nitrogens with one attached hydrogen (secondary N) is 1. The van der Waals surface area contributed by atoms with Crippen molar-refractivity contribution < 1.29 is 0 Å². The Hall–Kier alpha value is -0.320. The van der Waals surface area contributed by atoms with Gasteiger partial charge in [-0.15, -0.1) is 23.7 Å². The molecule has 0 amide bonds. The van der Waals surface area contributed by atoms with E-state index in [1.165, 1.54) is 0 Å². The molecule has 0 spiro atoms. The highest BCUT2D eigenvalue weighted by Gasteiger charge is 2.10. The SMILES string of the molecule is CCNCc1nc(-c2cccc(Cl)c2Cl)cs1.Cl. The molecule has 2 aromatic rings. The average molecular weight is 324 g/mol. The minimum Gasteiger partial charge on any atom is -0.311 e. The van der Waals surface area contributed by atoms with Crippen molar-refractivity contribution in [2.24, 2.45) is 0 Å². The number of nitrogens with zero attached hydrogens (tertiary/aromatic N) is 1. The maximum absolute atomic E-state index is 6.16. The zero-order valence-corrected chi connectivity index (χ0v) is 12.9. The second kappa shape index (κ2) is 7.31. The standard InChI is InChI=1S/C12H12Cl2N2S.ClH/c1-2-15-6-11-16-10(7-17-11)8-4-3-5-9(13)12(8)14;/h3-5,7,15H,2,6H2,1H3;1H. The first-order valence-electron chi connectivity index (χ1n) is 5.32. The van der Waals surface area contributed by atoms with Gasteiger partial charge in [0.25, 0.3) is 0 Å². The fourth-order valence-electron chi connectivity index (χ4n) is 1.45. The lowest BCUT2D eigenvalue weighted by Gasteiger charge is -2.02. The van der Waals surface area contributed by atoms with E-state index in [0.717, 1.165) is 29.4 Å². The van der Waals surface area contributed by atoms with Gasteiger partial charge in [-0.2, -0.15) is 0 Å². The minimum atomic E-state index is 0. The van der Waals surface area contributed by atoms with E-state index in [2.05, 4.69) is 17.2 Å². The molecule has 0 bridgehead atoms. The summed E-state index contributed by atoms with van der Waals surface area (Å²) in [7, 11) is 0. The molecule has 0 aliphatic heterocycles. The molecule has 1 N–H and O–H groups in total. The van der Waals surface area contributed by atoms with E-state index in [4.69, 9.17) is 23.2 Å². The number of halogens is 3. The van der Waals surface area contributed by atoms with Crippen LogP contribution in [-0.2, 0) is 6.54 Å². The molecule has 0 saturated heterocycles. The topological polar surface area (TPSA) is 24.9 Å². The average Bonchev–Trinajstić information content (AvgIpc) is 2.78. The highest BCUT2D eigenvalue weighted by Crippen LogP contribution is 2.33. The molecule has 18 heavy (non-hydrogen) atoms. The van der Waals surface area contributed by atoms with Crippen molar-refractivity contribution in [1.29, 1.82) is 0 Å². The van der Waals surface area contributed by atoms with Gasteiger partial charge in [0.1, 0.15) is 5.01 Å². The van der Waals surface area contributed by atoms with Gasteiger partial charge in [-0.25, -0.2) is 4.98 Å². The lowest BCUT2D eigenvalue weighted by molar-refractivity contribution is 0.723. The molecule has 2 nitrogen and oxygen atoms in total. The third kappa shape index (κ3) is 3.59. The van der Waals surface area contributed by atoms with Crippen LogP contribution in [0.5, 0.6) is 0 Å². The van der Waals surface area contributed by atoms with E-state index < -0.39 is 0 Å². The normalized spacial score (nSPS) is 10.2. The number of benzene rings is 1. The number of hydrogen-bond donors (Lipinski definition) is 1. The zero-order chi connectivity index (χ0) is 12.3. The highest BCUT2D eigenvalue weighted by molar-refractivity contribution is 7.09. The first-order valence-corrected chi connectivity index (χ1v) is 6.95. The Morgan fingerprint density at radius 3 is 2.83 bits per heavy atom. The molecule has 0 unspecified atom stereocenters. The van der Waals surface area contributed by atoms with Crippen molar-refractivity contribution in [3.8, 4) is 11.3 Å². The van der Waals surface area contributed by atoms with Crippen LogP contribution in [0.3, 0.4) is 0 Å². The van der Waals surface area contributed by atoms with Gasteiger partial charge in [-0.1, -0.05) is 42.3 Å². The molecule has 6 heteroatoms. The second-order valence-corrected chi connectivity index (χ2v) is 5.24. The van der Waals surface area contributed by atoms with Crippen LogP contribution < -0.4 is 5.32 Å². The molecule has 98 valence electrons. The molecule has 1 heterocycles. The molecule has 1 aromatic heterocycles. The van der Waals surface area contributed by atoms with Gasteiger partial charge < -0.3 is 5.32 Å². The number of aromatic nitrogens is 1. The minimum absolute atomic E-state index is 0. The van der Waals surface area contributed by atoms with Crippen molar-refractivity contribution in [2.75, 3.05) is 6.54 Å². The van der Waals surface area contributed by atoms with Crippen molar-refractivity contribution in [2.45, 2.75) is 13.5 Å². The van der Waals surface area contributed by atoms with Crippen LogP contribution in [0.15, 0.2) is 23.6 Å². The zero-order valence-electron chi connectivity index (χ0n) is 9.74. The van der Waals surface area contributed by atoms with Crippen LogP contribution in [-0.4, -0.2) is 11.5 Å². The van der Waals surface area contributed by atoms with Crippen LogP contribution in [0.1, 0.15) is 11.9 Å². The van der Waals surface area contributed by atoms with E-state index in [0.29, 0.717) is 10.0 Å². The van der Waals surface area contributed by atoms with Crippen LogP contribution >= 0.6 is 46.9 Å². The molecule has 0 fully saturated rings. The van der Waals surface area contributed by atoms with Crippen molar-refractivity contribution in [1.82, 2.24) is 10.3 Å². The van der Waals surface area contributed by atoms with E-state index in [-0.39, 0.29) is 12.4 Å². The van der Waals surface area contributed by atoms with E-state index in [1.807, 2.05) is 17.5 Å². The fraction of sp³-hybridized carbons (Fsp3) is 0.250. The van der Waals surface area contributed by atoms with Gasteiger partial charge in [0.2, 0.25) is 0 Å². The van der Waals surface area contributed by atoms with Crippen LogP contribution in [0.25, 0.3) is 11.3 Å². The smallest absolute Gasteiger partial charge is 0.107 e. The maximum atomic E-state index is 6.16. The summed E-state index contributed by atoms with van der Waals surface area (Å²) < 4.78 is 0. The highest BCUT2D eigenvalue weighted by atomic mass is 35.5. The Kier molecular flexibility index (Phi) is 6.39. The van der Waals surface area contributed by atoms with E-state index >= 15 is 0 Å². The van der Waals surface area contributed by atoms with Gasteiger partial charge >= 0.3 is 0 Å². The summed E-state index contributed by atoms with van der Waals surface area (Å²) in [5.41, 5.74) is 1.77. The molecule has 0 aliphatic rings. The predicted molar refractivity (Wildman–Crippen MR) is 82.2 cm³/mol. The molecule has 0 aliphatic carbocycles. The van der Waals surface area contributed by atoms with Gasteiger partial charge in [-0.05, 0) is 12.6 Å². The molecular formula is C12H13Cl3N2S. The summed E-state index contributed by atoms with van der Waals surface area (Å²) in [5.74, 6) is 0. The first kappa shape index (κ1) is 15.7. The summed E-state index contributed by atoms with van der Waals surface area (Å²) >= 11 is 13.8. The fourth-order valence-corrected chi connectivity index (χ4v) is 2.61. The maximum Gasteiger partial charge on any atom is 0.107 e. The first-order chi connectivity index (χ1) is 8.22. The quantitative estimate of drug-likeness (QED) is 0.886. The van der Waals surface area contributed by atoms with Crippen LogP contribution in [0.4, 0.5) is 0 Å². The largest absolute Gasteiger partial charge is 0.311 e. The Morgan fingerprint density at radius 2 is 2.11 bits per heavy atom. The number of hydrogen-bond acceptors (Lipinski definition) is 3. The monoisotopic (exact) mass is 322 g/mol. The molecule has 0 radical (unpaired) electrons. The Bertz CT molecular complexity index is 514. The molecule has 0 atom stereocenters. The summed E-state index contributed by atoms with van der Waals surface area (Å²) in [5, 5.41) is 7.43. The Balaban J connectivity index is 0.00000162. The Morgan fingerprint density at radius 1 is 1.33 bits per heavy atom. The predicted octanol–water partition coefficient (Wildman–Crippen LogP) is 4.65. The molecule has 2 rings (SSSR count). The summed E-state index contributed by atoms with van der Waals surface area (Å²) in [6.45, 7) is 3.80. The third-order valence-corrected chi connectivity index (χ3v) is 3.97. The van der Waals surface area contributed by atoms with Crippen molar-refractivity contribution in [3.05, 3.63) is 38.6 Å². The molecule has 1 aromatic carbocycles. The molecule has 0 saturated carbocycles. The summed E-state index contributed by atoms with van der Waals surface area (Å²) in [4.78, 5) is 4.53. The van der Waals surface area contributed by atoms with Crippen molar-refractivity contribution >= 4 is 46.9 Å². The van der Waals surface area contributed by atoms with E-state index in [9.17, 15) is 0 Å². The lowest BCUT2D eigenvalue weighted by atomic mass is 10.2. The second-order valence-electron chi connectivity index (χ2n) is 3.51. The van der Waals surface area contributed by atoms with Gasteiger partial charge in [0.15, 0.2) is 0 Å². The Labute approximate surface area is 127 Å². The van der Waals surface area contributed by atoms with E-state index in [1.54, 1.807) is 17.4 Å². The number of thiazole rings is 1. The molecular weight excluding hydrogens is 311 g/mol. The van der Waals surface area contributed by atoms with Crippen LogP contribution in [0.2, 0.25) is 10.0 Å². The van der Waals surface area contributed by atoms with Crippen LogP contribution in [0, 0.1) is 0 Å². The number of rotatable bonds is 4.